The first kappa shape index (κ1) is 15.2. The summed E-state index contributed by atoms with van der Waals surface area (Å²) in [5.41, 5.74) is 7.00. The van der Waals surface area contributed by atoms with Gasteiger partial charge in [0.15, 0.2) is 0 Å². The highest BCUT2D eigenvalue weighted by Crippen LogP contribution is 2.04. The monoisotopic (exact) mass is 263 g/mol. The minimum atomic E-state index is -0.182. The molecule has 104 valence electrons. The van der Waals surface area contributed by atoms with E-state index in [9.17, 15) is 9.59 Å². The molecule has 0 unspecified atom stereocenters. The van der Waals surface area contributed by atoms with E-state index >= 15 is 0 Å². The van der Waals surface area contributed by atoms with Crippen LogP contribution in [0.15, 0.2) is 24.3 Å². The summed E-state index contributed by atoms with van der Waals surface area (Å²) in [5.74, 6) is -0.226. The molecule has 0 atom stereocenters. The molecule has 4 N–H and O–H groups in total. The van der Waals surface area contributed by atoms with Gasteiger partial charge < -0.3 is 16.4 Å². The van der Waals surface area contributed by atoms with Crippen LogP contribution in [0.4, 0.5) is 0 Å². The Kier molecular flexibility index (Phi) is 6.60. The largest absolute Gasteiger partial charge is 0.356 e. The maximum atomic E-state index is 11.8. The molecule has 0 saturated heterocycles. The van der Waals surface area contributed by atoms with Gasteiger partial charge in [-0.1, -0.05) is 19.1 Å². The Morgan fingerprint density at radius 1 is 1.21 bits per heavy atom. The molecule has 1 rings (SSSR count). The molecule has 0 aromatic heterocycles. The number of carbonyl (C=O) groups excluding carboxylic acids is 2. The number of hydrogen-bond donors (Lipinski definition) is 3. The molecule has 0 bridgehead atoms. The summed E-state index contributed by atoms with van der Waals surface area (Å²) in [4.78, 5) is 23.2. The van der Waals surface area contributed by atoms with Crippen LogP contribution in [0.5, 0.6) is 0 Å². The lowest BCUT2D eigenvalue weighted by Crippen LogP contribution is -2.31. The summed E-state index contributed by atoms with van der Waals surface area (Å²) in [6.07, 6.45) is 1.20. The number of benzene rings is 1. The number of nitrogens with one attached hydrogen (secondary N) is 2. The first-order valence-corrected chi connectivity index (χ1v) is 6.51. The molecule has 0 radical (unpaired) electrons. The van der Waals surface area contributed by atoms with Crippen LogP contribution in [-0.4, -0.2) is 24.9 Å². The van der Waals surface area contributed by atoms with Gasteiger partial charge in [0.2, 0.25) is 5.91 Å². The first-order valence-electron chi connectivity index (χ1n) is 6.51. The van der Waals surface area contributed by atoms with Gasteiger partial charge in [-0.25, -0.2) is 0 Å². The fourth-order valence-electron chi connectivity index (χ4n) is 1.58. The third-order valence-electron chi connectivity index (χ3n) is 2.63. The second-order valence-electron chi connectivity index (χ2n) is 4.26. The Morgan fingerprint density at radius 2 is 2.00 bits per heavy atom. The summed E-state index contributed by atoms with van der Waals surface area (Å²) >= 11 is 0. The highest BCUT2D eigenvalue weighted by Gasteiger charge is 2.06. The number of carbonyl (C=O) groups is 2. The van der Waals surface area contributed by atoms with E-state index in [0.717, 1.165) is 12.0 Å². The summed E-state index contributed by atoms with van der Waals surface area (Å²) in [6.45, 7) is 3.40. The Balaban J connectivity index is 2.36. The van der Waals surface area contributed by atoms with E-state index < -0.39 is 0 Å². The fourth-order valence-corrected chi connectivity index (χ4v) is 1.58. The second kappa shape index (κ2) is 8.26. The number of nitrogens with two attached hydrogens (primary N) is 1. The van der Waals surface area contributed by atoms with Crippen LogP contribution in [0.1, 0.15) is 35.7 Å². The Morgan fingerprint density at radius 3 is 2.68 bits per heavy atom. The van der Waals surface area contributed by atoms with E-state index in [-0.39, 0.29) is 11.8 Å². The van der Waals surface area contributed by atoms with Crippen molar-refractivity contribution < 1.29 is 9.59 Å². The summed E-state index contributed by atoms with van der Waals surface area (Å²) in [5, 5.41) is 5.47. The quantitative estimate of drug-likeness (QED) is 0.680. The van der Waals surface area contributed by atoms with Gasteiger partial charge in [-0.3, -0.25) is 9.59 Å². The fraction of sp³-hybridized carbons (Fsp3) is 0.429. The number of amides is 2. The van der Waals surface area contributed by atoms with E-state index in [1.807, 2.05) is 13.0 Å². The highest BCUT2D eigenvalue weighted by atomic mass is 16.2. The number of rotatable bonds is 7. The average molecular weight is 263 g/mol. The standard InChI is InChI=1S/C14H21N3O2/c1-2-7-16-13(18)6-8-17-14(19)12-5-3-4-11(9-12)10-15/h3-5,9H,2,6-8,10,15H2,1H3,(H,16,18)(H,17,19). The van der Waals surface area contributed by atoms with Gasteiger partial charge in [0.25, 0.3) is 5.91 Å². The molecule has 0 heterocycles. The van der Waals surface area contributed by atoms with Crippen molar-refractivity contribution >= 4 is 11.8 Å². The van der Waals surface area contributed by atoms with Gasteiger partial charge in [0.05, 0.1) is 0 Å². The molecule has 2 amide bonds. The van der Waals surface area contributed by atoms with Gasteiger partial charge in [0, 0.05) is 31.6 Å². The van der Waals surface area contributed by atoms with Gasteiger partial charge in [0.1, 0.15) is 0 Å². The van der Waals surface area contributed by atoms with Crippen molar-refractivity contribution in [1.29, 1.82) is 0 Å². The normalized spacial score (nSPS) is 10.0. The lowest BCUT2D eigenvalue weighted by atomic mass is 10.1. The zero-order valence-electron chi connectivity index (χ0n) is 11.2. The molecule has 0 fully saturated rings. The topological polar surface area (TPSA) is 84.2 Å². The lowest BCUT2D eigenvalue weighted by Gasteiger charge is -2.07. The molecular weight excluding hydrogens is 242 g/mol. The van der Waals surface area contributed by atoms with E-state index in [4.69, 9.17) is 5.73 Å². The molecule has 5 heteroatoms. The van der Waals surface area contributed by atoms with Crippen molar-refractivity contribution in [3.05, 3.63) is 35.4 Å². The van der Waals surface area contributed by atoms with Crippen molar-refractivity contribution in [3.8, 4) is 0 Å². The molecule has 19 heavy (non-hydrogen) atoms. The molecule has 0 aliphatic rings. The summed E-state index contributed by atoms with van der Waals surface area (Å²) < 4.78 is 0. The van der Waals surface area contributed by atoms with Crippen LogP contribution in [0.3, 0.4) is 0 Å². The van der Waals surface area contributed by atoms with Gasteiger partial charge in [-0.15, -0.1) is 0 Å². The van der Waals surface area contributed by atoms with Crippen molar-refractivity contribution in [3.63, 3.8) is 0 Å². The molecule has 0 spiro atoms. The van der Waals surface area contributed by atoms with E-state index in [1.54, 1.807) is 18.2 Å². The third-order valence-corrected chi connectivity index (χ3v) is 2.63. The molecule has 1 aromatic rings. The van der Waals surface area contributed by atoms with Crippen LogP contribution < -0.4 is 16.4 Å². The predicted molar refractivity (Wildman–Crippen MR) is 74.6 cm³/mol. The van der Waals surface area contributed by atoms with Gasteiger partial charge in [-0.2, -0.15) is 0 Å². The van der Waals surface area contributed by atoms with Crippen LogP contribution in [0.25, 0.3) is 0 Å². The zero-order chi connectivity index (χ0) is 14.1. The smallest absolute Gasteiger partial charge is 0.251 e. The predicted octanol–water partition coefficient (Wildman–Crippen LogP) is 0.791. The zero-order valence-corrected chi connectivity index (χ0v) is 11.2. The first-order chi connectivity index (χ1) is 9.17. The molecule has 5 nitrogen and oxygen atoms in total. The molecule has 0 aliphatic carbocycles. The summed E-state index contributed by atoms with van der Waals surface area (Å²) in [6, 6.07) is 7.15. The van der Waals surface area contributed by atoms with Crippen molar-refractivity contribution in [2.24, 2.45) is 5.73 Å². The van der Waals surface area contributed by atoms with Gasteiger partial charge >= 0.3 is 0 Å². The maximum Gasteiger partial charge on any atom is 0.251 e. The molecular formula is C14H21N3O2. The Hall–Kier alpha value is -1.88. The maximum absolute atomic E-state index is 11.8. The molecule has 0 saturated carbocycles. The van der Waals surface area contributed by atoms with Crippen molar-refractivity contribution in [2.75, 3.05) is 13.1 Å². The molecule has 0 aliphatic heterocycles. The van der Waals surface area contributed by atoms with E-state index in [1.165, 1.54) is 0 Å². The van der Waals surface area contributed by atoms with Crippen molar-refractivity contribution in [2.45, 2.75) is 26.3 Å². The van der Waals surface area contributed by atoms with Crippen LogP contribution in [0.2, 0.25) is 0 Å². The minimum absolute atomic E-state index is 0.0436. The van der Waals surface area contributed by atoms with Crippen LogP contribution in [0, 0.1) is 0 Å². The lowest BCUT2D eigenvalue weighted by molar-refractivity contribution is -0.120. The highest BCUT2D eigenvalue weighted by molar-refractivity contribution is 5.94. The summed E-state index contributed by atoms with van der Waals surface area (Å²) in [7, 11) is 0. The van der Waals surface area contributed by atoms with Crippen LogP contribution >= 0.6 is 0 Å². The van der Waals surface area contributed by atoms with E-state index in [2.05, 4.69) is 10.6 Å². The Bertz CT molecular complexity index is 432. The van der Waals surface area contributed by atoms with Crippen LogP contribution in [-0.2, 0) is 11.3 Å². The molecule has 1 aromatic carbocycles. The van der Waals surface area contributed by atoms with E-state index in [0.29, 0.717) is 31.6 Å². The van der Waals surface area contributed by atoms with Gasteiger partial charge in [-0.05, 0) is 24.1 Å². The third kappa shape index (κ3) is 5.52. The van der Waals surface area contributed by atoms with Crippen molar-refractivity contribution in [1.82, 2.24) is 10.6 Å². The average Bonchev–Trinajstić information content (AvgIpc) is 2.45. The Labute approximate surface area is 113 Å². The SMILES string of the molecule is CCCNC(=O)CCNC(=O)c1cccc(CN)c1. The minimum Gasteiger partial charge on any atom is -0.356 e. The number of hydrogen-bond acceptors (Lipinski definition) is 3. The second-order valence-corrected chi connectivity index (χ2v) is 4.26.